The highest BCUT2D eigenvalue weighted by Gasteiger charge is 2.26. The molecule has 1 aromatic carbocycles. The van der Waals surface area contributed by atoms with E-state index < -0.39 is 0 Å². The van der Waals surface area contributed by atoms with Gasteiger partial charge in [-0.05, 0) is 37.8 Å². The number of nitrogens with zero attached hydrogens (tertiary/aromatic N) is 2. The third-order valence-electron chi connectivity index (χ3n) is 4.70. The van der Waals surface area contributed by atoms with Gasteiger partial charge in [-0.25, -0.2) is 4.79 Å². The molecule has 1 fully saturated rings. The van der Waals surface area contributed by atoms with E-state index in [0.29, 0.717) is 26.2 Å². The second-order valence-corrected chi connectivity index (χ2v) is 6.33. The first-order valence-corrected chi connectivity index (χ1v) is 8.71. The lowest BCUT2D eigenvalue weighted by atomic mass is 10.1. The molecule has 0 bridgehead atoms. The van der Waals surface area contributed by atoms with Crippen LogP contribution in [0.25, 0.3) is 0 Å². The van der Waals surface area contributed by atoms with E-state index in [-0.39, 0.29) is 18.0 Å². The standard InChI is InChI=1S/C18H25N3O3/c1-2-24-18(23)20-11-8-15(9-12-20)19-17(22)13-21-10-7-14-5-3-4-6-16(14)21/h3-6,15H,2,7-13H2,1H3,(H,19,22). The van der Waals surface area contributed by atoms with Crippen LogP contribution in [-0.2, 0) is 16.0 Å². The van der Waals surface area contributed by atoms with E-state index in [1.165, 1.54) is 11.3 Å². The van der Waals surface area contributed by atoms with Crippen molar-refractivity contribution in [1.82, 2.24) is 10.2 Å². The summed E-state index contributed by atoms with van der Waals surface area (Å²) in [7, 11) is 0. The fraction of sp³-hybridized carbons (Fsp3) is 0.556. The Bertz CT molecular complexity index is 597. The van der Waals surface area contributed by atoms with Gasteiger partial charge in [-0.2, -0.15) is 0 Å². The fourth-order valence-electron chi connectivity index (χ4n) is 3.44. The molecule has 1 saturated heterocycles. The normalized spacial score (nSPS) is 17.5. The van der Waals surface area contributed by atoms with E-state index in [2.05, 4.69) is 22.3 Å². The predicted molar refractivity (Wildman–Crippen MR) is 92.1 cm³/mol. The van der Waals surface area contributed by atoms with Crippen LogP contribution in [0.1, 0.15) is 25.3 Å². The Morgan fingerprint density at radius 3 is 2.71 bits per heavy atom. The molecule has 2 amide bonds. The van der Waals surface area contributed by atoms with Crippen molar-refractivity contribution in [3.05, 3.63) is 29.8 Å². The van der Waals surface area contributed by atoms with E-state index in [9.17, 15) is 9.59 Å². The summed E-state index contributed by atoms with van der Waals surface area (Å²) in [5.41, 5.74) is 2.48. The first kappa shape index (κ1) is 16.6. The number of benzene rings is 1. The van der Waals surface area contributed by atoms with E-state index in [1.54, 1.807) is 11.8 Å². The largest absolute Gasteiger partial charge is 0.450 e. The van der Waals surface area contributed by atoms with Crippen molar-refractivity contribution in [3.8, 4) is 0 Å². The summed E-state index contributed by atoms with van der Waals surface area (Å²) >= 11 is 0. The molecule has 0 saturated carbocycles. The molecule has 0 unspecified atom stereocenters. The van der Waals surface area contributed by atoms with Crippen LogP contribution in [0, 0.1) is 0 Å². The molecular formula is C18H25N3O3. The summed E-state index contributed by atoms with van der Waals surface area (Å²) in [5.74, 6) is 0.0567. The van der Waals surface area contributed by atoms with E-state index in [4.69, 9.17) is 4.74 Å². The van der Waals surface area contributed by atoms with Gasteiger partial charge in [0.1, 0.15) is 0 Å². The van der Waals surface area contributed by atoms with Crippen LogP contribution in [0.15, 0.2) is 24.3 Å². The summed E-state index contributed by atoms with van der Waals surface area (Å²) in [6.07, 6.45) is 2.31. The van der Waals surface area contributed by atoms with Crippen LogP contribution < -0.4 is 10.2 Å². The molecule has 1 aromatic rings. The average molecular weight is 331 g/mol. The summed E-state index contributed by atoms with van der Waals surface area (Å²) in [6, 6.07) is 8.40. The van der Waals surface area contributed by atoms with Crippen LogP contribution in [0.2, 0.25) is 0 Å². The molecule has 6 nitrogen and oxygen atoms in total. The van der Waals surface area contributed by atoms with Gasteiger partial charge in [-0.15, -0.1) is 0 Å². The predicted octanol–water partition coefficient (Wildman–Crippen LogP) is 1.79. The van der Waals surface area contributed by atoms with Gasteiger partial charge in [0.05, 0.1) is 13.2 Å². The van der Waals surface area contributed by atoms with Gasteiger partial charge in [0.2, 0.25) is 5.91 Å². The lowest BCUT2D eigenvalue weighted by molar-refractivity contribution is -0.120. The molecule has 0 atom stereocenters. The Morgan fingerprint density at radius 1 is 1.21 bits per heavy atom. The number of fused-ring (bicyclic) bond motifs is 1. The summed E-state index contributed by atoms with van der Waals surface area (Å²) < 4.78 is 5.01. The molecule has 2 aliphatic heterocycles. The minimum Gasteiger partial charge on any atom is -0.450 e. The second-order valence-electron chi connectivity index (χ2n) is 6.33. The molecule has 0 aliphatic carbocycles. The highest BCUT2D eigenvalue weighted by Crippen LogP contribution is 2.26. The third-order valence-corrected chi connectivity index (χ3v) is 4.70. The fourth-order valence-corrected chi connectivity index (χ4v) is 3.44. The number of piperidine rings is 1. The highest BCUT2D eigenvalue weighted by atomic mass is 16.6. The van der Waals surface area contributed by atoms with Gasteiger partial charge in [0, 0.05) is 31.4 Å². The van der Waals surface area contributed by atoms with Gasteiger partial charge in [0.25, 0.3) is 0 Å². The van der Waals surface area contributed by atoms with Crippen molar-refractivity contribution in [2.75, 3.05) is 37.7 Å². The molecule has 1 N–H and O–H groups in total. The maximum atomic E-state index is 12.3. The van der Waals surface area contributed by atoms with Crippen LogP contribution in [-0.4, -0.2) is 55.7 Å². The van der Waals surface area contributed by atoms with Crippen LogP contribution in [0.4, 0.5) is 10.5 Å². The monoisotopic (exact) mass is 331 g/mol. The lowest BCUT2D eigenvalue weighted by Crippen LogP contribution is -2.48. The van der Waals surface area contributed by atoms with Gasteiger partial charge in [0.15, 0.2) is 0 Å². The summed E-state index contributed by atoms with van der Waals surface area (Å²) in [6.45, 7) is 4.77. The number of likely N-dealkylation sites (tertiary alicyclic amines) is 1. The maximum Gasteiger partial charge on any atom is 0.409 e. The Hall–Kier alpha value is -2.24. The van der Waals surface area contributed by atoms with Crippen LogP contribution in [0.5, 0.6) is 0 Å². The van der Waals surface area contributed by atoms with Crippen molar-refractivity contribution in [1.29, 1.82) is 0 Å². The molecule has 130 valence electrons. The first-order valence-electron chi connectivity index (χ1n) is 8.71. The number of hydrogen-bond acceptors (Lipinski definition) is 4. The van der Waals surface area contributed by atoms with Crippen molar-refractivity contribution >= 4 is 17.7 Å². The quantitative estimate of drug-likeness (QED) is 0.914. The molecule has 24 heavy (non-hydrogen) atoms. The number of anilines is 1. The van der Waals surface area contributed by atoms with E-state index >= 15 is 0 Å². The molecular weight excluding hydrogens is 306 g/mol. The molecule has 2 heterocycles. The Labute approximate surface area is 142 Å². The Balaban J connectivity index is 1.45. The SMILES string of the molecule is CCOC(=O)N1CCC(NC(=O)CN2CCc3ccccc32)CC1. The molecule has 3 rings (SSSR count). The number of ether oxygens (including phenoxy) is 1. The number of nitrogens with one attached hydrogen (secondary N) is 1. The molecule has 0 spiro atoms. The van der Waals surface area contributed by atoms with Gasteiger partial charge >= 0.3 is 6.09 Å². The van der Waals surface area contributed by atoms with E-state index in [1.807, 2.05) is 12.1 Å². The number of rotatable bonds is 4. The highest BCUT2D eigenvalue weighted by molar-refractivity contribution is 5.82. The minimum absolute atomic E-state index is 0.0567. The van der Waals surface area contributed by atoms with Crippen LogP contribution >= 0.6 is 0 Å². The summed E-state index contributed by atoms with van der Waals surface area (Å²) in [4.78, 5) is 27.9. The van der Waals surface area contributed by atoms with Crippen LogP contribution in [0.3, 0.4) is 0 Å². The smallest absolute Gasteiger partial charge is 0.409 e. The number of amides is 2. The average Bonchev–Trinajstić information content (AvgIpc) is 2.99. The molecule has 2 aliphatic rings. The van der Waals surface area contributed by atoms with E-state index in [0.717, 1.165) is 25.8 Å². The van der Waals surface area contributed by atoms with Crippen molar-refractivity contribution in [2.45, 2.75) is 32.2 Å². The minimum atomic E-state index is -0.254. The van der Waals surface area contributed by atoms with Crippen molar-refractivity contribution < 1.29 is 14.3 Å². The Morgan fingerprint density at radius 2 is 1.96 bits per heavy atom. The van der Waals surface area contributed by atoms with Crippen molar-refractivity contribution in [2.24, 2.45) is 0 Å². The zero-order valence-electron chi connectivity index (χ0n) is 14.2. The number of para-hydroxylation sites is 1. The zero-order valence-corrected chi connectivity index (χ0v) is 14.2. The van der Waals surface area contributed by atoms with Gasteiger partial charge in [-0.1, -0.05) is 18.2 Å². The molecule has 0 aromatic heterocycles. The number of carbonyl (C=O) groups is 2. The van der Waals surface area contributed by atoms with Crippen molar-refractivity contribution in [3.63, 3.8) is 0 Å². The second kappa shape index (κ2) is 7.55. The Kier molecular flexibility index (Phi) is 5.23. The zero-order chi connectivity index (χ0) is 16.9. The van der Waals surface area contributed by atoms with Gasteiger partial charge < -0.3 is 19.9 Å². The number of carbonyl (C=O) groups excluding carboxylic acids is 2. The maximum absolute atomic E-state index is 12.3. The third kappa shape index (κ3) is 3.80. The molecule has 0 radical (unpaired) electrons. The molecule has 6 heteroatoms. The lowest BCUT2D eigenvalue weighted by Gasteiger charge is -2.32. The first-order chi connectivity index (χ1) is 11.7. The van der Waals surface area contributed by atoms with Gasteiger partial charge in [-0.3, -0.25) is 4.79 Å². The number of hydrogen-bond donors (Lipinski definition) is 1. The topological polar surface area (TPSA) is 61.9 Å². The summed E-state index contributed by atoms with van der Waals surface area (Å²) in [5, 5.41) is 3.11.